The fourth-order valence-electron chi connectivity index (χ4n) is 1.67. The van der Waals surface area contributed by atoms with Gasteiger partial charge in [0.2, 0.25) is 0 Å². The molecular formula is C6H17N2Na3O12P4. The summed E-state index contributed by atoms with van der Waals surface area (Å²) in [6.07, 6.45) is -4.72. The van der Waals surface area contributed by atoms with Crippen molar-refractivity contribution in [2.45, 2.75) is 0 Å². The van der Waals surface area contributed by atoms with Gasteiger partial charge >= 0.3 is 96.3 Å². The molecule has 0 aromatic rings. The van der Waals surface area contributed by atoms with Crippen LogP contribution < -0.4 is 103 Å². The molecule has 0 aromatic heterocycles. The molecule has 0 aliphatic rings. The van der Waals surface area contributed by atoms with E-state index in [1.807, 2.05) is 0 Å². The Hall–Kier alpha value is 3.52. The first-order chi connectivity index (χ1) is 10.4. The van der Waals surface area contributed by atoms with Gasteiger partial charge in [-0.1, -0.05) is 0 Å². The topological polar surface area (TPSA) is 245 Å². The van der Waals surface area contributed by atoms with Gasteiger partial charge in [-0.25, -0.2) is 0 Å². The maximum atomic E-state index is 10.9. The van der Waals surface area contributed by atoms with Gasteiger partial charge in [0.1, 0.15) is 29.1 Å². The van der Waals surface area contributed by atoms with Crippen LogP contribution in [0.25, 0.3) is 0 Å². The van der Waals surface area contributed by atoms with E-state index >= 15 is 0 Å². The number of hydrogen-bond acceptors (Lipinski definition) is 9. The van der Waals surface area contributed by atoms with Crippen molar-refractivity contribution in [1.82, 2.24) is 9.80 Å². The molecule has 0 spiro atoms. The Kier molecular flexibility index (Phi) is 21.5. The van der Waals surface area contributed by atoms with Gasteiger partial charge in [-0.3, -0.25) is 14.4 Å². The van der Waals surface area contributed by atoms with Crippen LogP contribution in [0.2, 0.25) is 0 Å². The average molecular weight is 502 g/mol. The van der Waals surface area contributed by atoms with Crippen LogP contribution in [-0.4, -0.2) is 72.5 Å². The molecule has 14 nitrogen and oxygen atoms in total. The third-order valence-electron chi connectivity index (χ3n) is 2.25. The molecule has 0 saturated carbocycles. The van der Waals surface area contributed by atoms with Crippen molar-refractivity contribution in [3.05, 3.63) is 0 Å². The van der Waals surface area contributed by atoms with Crippen molar-refractivity contribution in [1.29, 1.82) is 0 Å². The molecule has 27 heavy (non-hydrogen) atoms. The maximum absolute atomic E-state index is 10.9. The molecule has 0 aromatic carbocycles. The normalized spacial score (nSPS) is 18.3. The molecule has 21 heteroatoms. The minimum absolute atomic E-state index is 0. The van der Waals surface area contributed by atoms with Crippen LogP contribution in [0, 0.1) is 0 Å². The van der Waals surface area contributed by atoms with Gasteiger partial charge in [0.15, 0.2) is 0 Å². The third kappa shape index (κ3) is 27.5. The molecule has 146 valence electrons. The predicted molar refractivity (Wildman–Crippen MR) is 74.4 cm³/mol. The summed E-state index contributed by atoms with van der Waals surface area (Å²) in [5.74, 6) is 0. The van der Waals surface area contributed by atoms with E-state index in [0.717, 1.165) is 0 Å². The molecule has 0 radical (unpaired) electrons. The van der Waals surface area contributed by atoms with Crippen LogP contribution in [0.5, 0.6) is 0 Å². The number of nitrogens with zero attached hydrogens (tertiary/aromatic N) is 2. The second-order valence-electron chi connectivity index (χ2n) is 4.93. The van der Waals surface area contributed by atoms with E-state index < -0.39 is 68.6 Å². The zero-order chi connectivity index (χ0) is 19.4. The minimum Gasteiger partial charge on any atom is -0.778 e. The zero-order valence-electron chi connectivity index (χ0n) is 15.0. The summed E-state index contributed by atoms with van der Waals surface area (Å²) >= 11 is 0. The SMILES string of the molecule is O=P([O-])(O)CN(CCN(CP(=O)([O-])O)CP(=O)(O)O)CP(=O)([O-])O.[Na+].[Na+].[Na+]. The Morgan fingerprint density at radius 1 is 0.556 bits per heavy atom. The summed E-state index contributed by atoms with van der Waals surface area (Å²) in [5.41, 5.74) is 0. The molecule has 0 bridgehead atoms. The molecule has 3 unspecified atom stereocenters. The fourth-order valence-corrected chi connectivity index (χ4v) is 4.99. The average Bonchev–Trinajstić information content (AvgIpc) is 2.16. The molecule has 0 amide bonds. The molecule has 0 fully saturated rings. The van der Waals surface area contributed by atoms with Crippen molar-refractivity contribution in [3.63, 3.8) is 0 Å². The summed E-state index contributed by atoms with van der Waals surface area (Å²) in [7, 11) is -19.7. The third-order valence-corrected chi connectivity index (χ3v) is 5.29. The van der Waals surface area contributed by atoms with E-state index in [9.17, 15) is 32.9 Å². The van der Waals surface area contributed by atoms with E-state index in [2.05, 4.69) is 0 Å². The van der Waals surface area contributed by atoms with Crippen molar-refractivity contribution in [2.24, 2.45) is 0 Å². The van der Waals surface area contributed by atoms with Crippen molar-refractivity contribution >= 4 is 30.4 Å². The maximum Gasteiger partial charge on any atom is 1.00 e. The van der Waals surface area contributed by atoms with Crippen LogP contribution in [0.3, 0.4) is 0 Å². The van der Waals surface area contributed by atoms with Crippen LogP contribution >= 0.6 is 30.4 Å². The van der Waals surface area contributed by atoms with Crippen LogP contribution in [0.1, 0.15) is 0 Å². The summed E-state index contributed by atoms with van der Waals surface area (Å²) < 4.78 is 43.4. The first kappa shape index (κ1) is 37.8. The standard InChI is InChI=1S/C6H20N2O12P4.3Na/c9-21(10,11)3-7(4-22(12,13)14)1-2-8(5-23(15,16)17)6-24(18,19)20;;;/h1-6H2,(H2,9,10,11)(H2,12,13,14)(H2,15,16,17)(H2,18,19,20);;;/q;3*+1/p-3. The molecule has 0 aliphatic carbocycles. The fraction of sp³-hybridized carbons (Fsp3) is 1.00. The van der Waals surface area contributed by atoms with Crippen molar-refractivity contribution in [2.75, 3.05) is 38.2 Å². The smallest absolute Gasteiger partial charge is 0.778 e. The van der Waals surface area contributed by atoms with E-state index in [1.165, 1.54) is 0 Å². The van der Waals surface area contributed by atoms with Gasteiger partial charge in [-0.05, 0) is 0 Å². The monoisotopic (exact) mass is 502 g/mol. The molecule has 0 heterocycles. The predicted octanol–water partition coefficient (Wildman–Crippen LogP) is -12.8. The largest absolute Gasteiger partial charge is 1.00 e. The van der Waals surface area contributed by atoms with Crippen LogP contribution in [-0.2, 0) is 18.3 Å². The Morgan fingerprint density at radius 3 is 0.963 bits per heavy atom. The Balaban J connectivity index is -0.000000882. The second-order valence-corrected chi connectivity index (χ2v) is 11.2. The van der Waals surface area contributed by atoms with Gasteiger partial charge < -0.3 is 52.8 Å². The van der Waals surface area contributed by atoms with E-state index in [0.29, 0.717) is 9.80 Å². The number of rotatable bonds is 11. The van der Waals surface area contributed by atoms with Crippen molar-refractivity contribution < 1.29 is 146 Å². The first-order valence-electron chi connectivity index (χ1n) is 5.94. The summed E-state index contributed by atoms with van der Waals surface area (Å²) in [6.45, 7) is -1.21. The summed E-state index contributed by atoms with van der Waals surface area (Å²) in [4.78, 5) is 77.4. The first-order valence-corrected chi connectivity index (χ1v) is 13.0. The minimum atomic E-state index is -4.98. The van der Waals surface area contributed by atoms with Gasteiger partial charge in [0.25, 0.3) is 0 Å². The quantitative estimate of drug-likeness (QED) is 0.130. The molecule has 5 N–H and O–H groups in total. The van der Waals surface area contributed by atoms with Gasteiger partial charge in [-0.2, -0.15) is 0 Å². The van der Waals surface area contributed by atoms with E-state index in [1.54, 1.807) is 0 Å². The second kappa shape index (κ2) is 15.4. The van der Waals surface area contributed by atoms with Crippen molar-refractivity contribution in [3.8, 4) is 0 Å². The molecule has 0 saturated heterocycles. The molecule has 0 rings (SSSR count). The van der Waals surface area contributed by atoms with Crippen LogP contribution in [0.4, 0.5) is 0 Å². The Bertz CT molecular complexity index is 500. The van der Waals surface area contributed by atoms with E-state index in [4.69, 9.17) is 24.5 Å². The zero-order valence-corrected chi connectivity index (χ0v) is 24.6. The number of hydrogen-bond donors (Lipinski definition) is 5. The molecule has 0 aliphatic heterocycles. The van der Waals surface area contributed by atoms with Gasteiger partial charge in [-0.15, -0.1) is 0 Å². The summed E-state index contributed by atoms with van der Waals surface area (Å²) in [6, 6.07) is 0. The van der Waals surface area contributed by atoms with Gasteiger partial charge in [0, 0.05) is 13.1 Å². The van der Waals surface area contributed by atoms with Crippen LogP contribution in [0.15, 0.2) is 0 Å². The molecular weight excluding hydrogens is 485 g/mol. The van der Waals surface area contributed by atoms with E-state index in [-0.39, 0.29) is 88.7 Å². The van der Waals surface area contributed by atoms with Gasteiger partial charge in [0.05, 0.1) is 18.9 Å². The Labute approximate surface area is 222 Å². The Morgan fingerprint density at radius 2 is 0.778 bits per heavy atom. The molecule has 3 atom stereocenters. The summed E-state index contributed by atoms with van der Waals surface area (Å²) in [5, 5.41) is 0.